The molecule has 6 nitrogen and oxygen atoms in total. The highest BCUT2D eigenvalue weighted by atomic mass is 16.4. The lowest BCUT2D eigenvalue weighted by atomic mass is 10.0. The summed E-state index contributed by atoms with van der Waals surface area (Å²) in [7, 11) is 0. The summed E-state index contributed by atoms with van der Waals surface area (Å²) in [6.07, 6.45) is -1.16. The van der Waals surface area contributed by atoms with E-state index in [1.54, 1.807) is 13.8 Å². The van der Waals surface area contributed by atoms with E-state index in [1.807, 2.05) is 0 Å². The van der Waals surface area contributed by atoms with Crippen molar-refractivity contribution in [2.24, 2.45) is 11.7 Å². The van der Waals surface area contributed by atoms with E-state index in [4.69, 9.17) is 15.9 Å². The first kappa shape index (κ1) is 13.9. The molecule has 0 aromatic carbocycles. The summed E-state index contributed by atoms with van der Waals surface area (Å²) in [5.41, 5.74) is 5.52. The molecule has 0 heterocycles. The molecule has 0 aromatic rings. The van der Waals surface area contributed by atoms with E-state index in [0.29, 0.717) is 0 Å². The van der Waals surface area contributed by atoms with Gasteiger partial charge in [0.05, 0.1) is 12.1 Å². The molecule has 0 radical (unpaired) electrons. The average molecular weight is 218 g/mol. The highest BCUT2D eigenvalue weighted by Crippen LogP contribution is 2.00. The molecule has 6 heteroatoms. The molecule has 1 amide bonds. The predicted octanol–water partition coefficient (Wildman–Crippen LogP) is -1.08. The van der Waals surface area contributed by atoms with Crippen LogP contribution in [-0.4, -0.2) is 40.3 Å². The Bertz CT molecular complexity index is 240. The number of hydrogen-bond acceptors (Lipinski definition) is 4. The lowest BCUT2D eigenvalue weighted by Gasteiger charge is -2.21. The summed E-state index contributed by atoms with van der Waals surface area (Å²) in [6, 6.07) is -2.09. The van der Waals surface area contributed by atoms with Crippen molar-refractivity contribution in [3.8, 4) is 0 Å². The van der Waals surface area contributed by atoms with Crippen LogP contribution in [0.15, 0.2) is 0 Å². The number of aliphatic carboxylic acids is 1. The fraction of sp³-hybridized carbons (Fsp3) is 0.778. The first-order valence-electron chi connectivity index (χ1n) is 4.74. The zero-order chi connectivity index (χ0) is 12.2. The van der Waals surface area contributed by atoms with Crippen molar-refractivity contribution in [3.63, 3.8) is 0 Å². The average Bonchev–Trinajstić information content (AvgIpc) is 2.11. The molecule has 2 unspecified atom stereocenters. The van der Waals surface area contributed by atoms with E-state index >= 15 is 0 Å². The van der Waals surface area contributed by atoms with Gasteiger partial charge in [0.25, 0.3) is 0 Å². The van der Waals surface area contributed by atoms with E-state index in [1.165, 1.54) is 6.92 Å². The summed E-state index contributed by atoms with van der Waals surface area (Å²) in [5, 5.41) is 20.0. The molecular formula is C9H18N2O4. The van der Waals surface area contributed by atoms with Gasteiger partial charge in [-0.1, -0.05) is 13.8 Å². The van der Waals surface area contributed by atoms with E-state index in [2.05, 4.69) is 5.32 Å². The number of nitrogens with two attached hydrogens (primary N) is 1. The van der Waals surface area contributed by atoms with Gasteiger partial charge in [-0.25, -0.2) is 4.79 Å². The molecule has 0 aliphatic heterocycles. The number of hydrogen-bond donors (Lipinski definition) is 4. The van der Waals surface area contributed by atoms with Crippen molar-refractivity contribution in [1.82, 2.24) is 5.32 Å². The number of amides is 1. The Hall–Kier alpha value is -1.14. The molecular weight excluding hydrogens is 200 g/mol. The minimum atomic E-state index is -1.32. The van der Waals surface area contributed by atoms with Gasteiger partial charge in [-0.05, 0) is 12.8 Å². The Morgan fingerprint density at radius 2 is 1.73 bits per heavy atom. The Labute approximate surface area is 88.5 Å². The van der Waals surface area contributed by atoms with Crippen LogP contribution in [-0.2, 0) is 9.59 Å². The Morgan fingerprint density at radius 3 is 2.00 bits per heavy atom. The molecule has 0 aromatic heterocycles. The number of carbonyl (C=O) groups is 2. The summed E-state index contributed by atoms with van der Waals surface area (Å²) in [5.74, 6) is -1.94. The first-order chi connectivity index (χ1) is 6.77. The fourth-order valence-electron chi connectivity index (χ4n) is 0.941. The van der Waals surface area contributed by atoms with Crippen LogP contribution in [0.3, 0.4) is 0 Å². The molecule has 0 aliphatic carbocycles. The lowest BCUT2D eigenvalue weighted by molar-refractivity contribution is -0.145. The number of carboxylic acids is 1. The van der Waals surface area contributed by atoms with Gasteiger partial charge in [-0.3, -0.25) is 4.79 Å². The van der Waals surface area contributed by atoms with Crippen molar-refractivity contribution in [2.75, 3.05) is 0 Å². The Morgan fingerprint density at radius 1 is 1.27 bits per heavy atom. The molecule has 0 bridgehead atoms. The molecule has 88 valence electrons. The molecule has 0 fully saturated rings. The molecule has 3 atom stereocenters. The third kappa shape index (κ3) is 4.26. The Kier molecular flexibility index (Phi) is 5.24. The second-order valence-corrected chi connectivity index (χ2v) is 3.83. The number of nitrogens with one attached hydrogen (secondary N) is 1. The largest absolute Gasteiger partial charge is 0.480 e. The minimum Gasteiger partial charge on any atom is -0.480 e. The lowest BCUT2D eigenvalue weighted by Crippen LogP contribution is -2.53. The van der Waals surface area contributed by atoms with Crippen LogP contribution < -0.4 is 11.1 Å². The smallest absolute Gasteiger partial charge is 0.328 e. The van der Waals surface area contributed by atoms with Crippen LogP contribution in [0.2, 0.25) is 0 Å². The zero-order valence-electron chi connectivity index (χ0n) is 9.10. The van der Waals surface area contributed by atoms with E-state index in [0.717, 1.165) is 0 Å². The minimum absolute atomic E-state index is 0.0894. The summed E-state index contributed by atoms with van der Waals surface area (Å²) < 4.78 is 0. The van der Waals surface area contributed by atoms with Crippen LogP contribution in [0.5, 0.6) is 0 Å². The van der Waals surface area contributed by atoms with Crippen LogP contribution in [0.25, 0.3) is 0 Å². The second kappa shape index (κ2) is 5.67. The number of carboxylic acid groups (broad SMARTS) is 1. The molecule has 5 N–H and O–H groups in total. The monoisotopic (exact) mass is 218 g/mol. The third-order valence-corrected chi connectivity index (χ3v) is 2.07. The normalized spacial score (nSPS) is 16.9. The van der Waals surface area contributed by atoms with E-state index in [9.17, 15) is 9.59 Å². The van der Waals surface area contributed by atoms with Crippen molar-refractivity contribution in [1.29, 1.82) is 0 Å². The first-order valence-corrected chi connectivity index (χ1v) is 4.74. The molecule has 0 rings (SSSR count). The summed E-state index contributed by atoms with van der Waals surface area (Å²) in [6.45, 7) is 4.80. The quantitative estimate of drug-likeness (QED) is 0.469. The molecule has 0 spiro atoms. The summed E-state index contributed by atoms with van der Waals surface area (Å²) in [4.78, 5) is 22.0. The van der Waals surface area contributed by atoms with Crippen molar-refractivity contribution in [2.45, 2.75) is 39.0 Å². The van der Waals surface area contributed by atoms with Gasteiger partial charge in [0.1, 0.15) is 0 Å². The van der Waals surface area contributed by atoms with Crippen LogP contribution in [0.1, 0.15) is 20.8 Å². The number of carbonyl (C=O) groups excluding carboxylic acids is 1. The van der Waals surface area contributed by atoms with Crippen molar-refractivity contribution < 1.29 is 19.8 Å². The maximum absolute atomic E-state index is 11.4. The maximum atomic E-state index is 11.4. The van der Waals surface area contributed by atoms with Gasteiger partial charge >= 0.3 is 5.97 Å². The fourth-order valence-corrected chi connectivity index (χ4v) is 0.941. The molecule has 15 heavy (non-hydrogen) atoms. The SMILES string of the molecule is CC(O)C(NC(=O)[C@@H](N)C(C)C)C(=O)O. The van der Waals surface area contributed by atoms with Gasteiger partial charge < -0.3 is 21.3 Å². The van der Waals surface area contributed by atoms with Gasteiger partial charge in [0, 0.05) is 0 Å². The van der Waals surface area contributed by atoms with Crippen molar-refractivity contribution in [3.05, 3.63) is 0 Å². The Balaban J connectivity index is 4.43. The number of rotatable bonds is 5. The van der Waals surface area contributed by atoms with E-state index in [-0.39, 0.29) is 5.92 Å². The number of aliphatic hydroxyl groups excluding tert-OH is 1. The van der Waals surface area contributed by atoms with Gasteiger partial charge in [-0.2, -0.15) is 0 Å². The zero-order valence-corrected chi connectivity index (χ0v) is 9.10. The molecule has 0 saturated heterocycles. The van der Waals surface area contributed by atoms with Crippen molar-refractivity contribution >= 4 is 11.9 Å². The molecule has 0 saturated carbocycles. The molecule has 0 aliphatic rings. The van der Waals surface area contributed by atoms with Gasteiger partial charge in [-0.15, -0.1) is 0 Å². The number of aliphatic hydroxyl groups is 1. The topological polar surface area (TPSA) is 113 Å². The second-order valence-electron chi connectivity index (χ2n) is 3.83. The predicted molar refractivity (Wildman–Crippen MR) is 54.1 cm³/mol. The van der Waals surface area contributed by atoms with Crippen LogP contribution in [0.4, 0.5) is 0 Å². The maximum Gasteiger partial charge on any atom is 0.328 e. The van der Waals surface area contributed by atoms with Gasteiger partial charge in [0.2, 0.25) is 5.91 Å². The van der Waals surface area contributed by atoms with E-state index < -0.39 is 30.1 Å². The van der Waals surface area contributed by atoms with Crippen LogP contribution in [0, 0.1) is 5.92 Å². The van der Waals surface area contributed by atoms with Crippen LogP contribution >= 0.6 is 0 Å². The highest BCUT2D eigenvalue weighted by Gasteiger charge is 2.27. The summed E-state index contributed by atoms with van der Waals surface area (Å²) >= 11 is 0. The standard InChI is InChI=1S/C9H18N2O4/c1-4(2)6(10)8(13)11-7(5(3)12)9(14)15/h4-7,12H,10H2,1-3H3,(H,11,13)(H,14,15)/t5?,6-,7?/m0/s1. The highest BCUT2D eigenvalue weighted by molar-refractivity contribution is 5.87. The third-order valence-electron chi connectivity index (χ3n) is 2.07. The van der Waals surface area contributed by atoms with Gasteiger partial charge in [0.15, 0.2) is 6.04 Å².